The van der Waals surface area contributed by atoms with Crippen LogP contribution in [0.25, 0.3) is 0 Å². The first-order valence-electron chi connectivity index (χ1n) is 6.93. The Bertz CT molecular complexity index is 146. The van der Waals surface area contributed by atoms with Gasteiger partial charge in [0.25, 0.3) is 0 Å². The number of rotatable bonds is 10. The summed E-state index contributed by atoms with van der Waals surface area (Å²) in [5, 5.41) is 3.65. The molecule has 0 aromatic carbocycles. The maximum atomic E-state index is 5.37. The largest absolute Gasteiger partial charge is 0.382 e. The van der Waals surface area contributed by atoms with Crippen LogP contribution < -0.4 is 5.32 Å². The van der Waals surface area contributed by atoms with E-state index in [1.165, 1.54) is 25.7 Å². The highest BCUT2D eigenvalue weighted by molar-refractivity contribution is 4.73. The molecule has 0 saturated heterocycles. The standard InChI is InChI=1S/C14H31NO/c1-6-9-15-14(10-12(4)16-5)11-13(7-2)8-3/h12-15H,6-11H2,1-5H3. The van der Waals surface area contributed by atoms with Crippen molar-refractivity contribution in [1.82, 2.24) is 5.32 Å². The molecule has 2 nitrogen and oxygen atoms in total. The maximum Gasteiger partial charge on any atom is 0.0558 e. The molecular weight excluding hydrogens is 198 g/mol. The molecule has 0 bridgehead atoms. The Morgan fingerprint density at radius 1 is 1.06 bits per heavy atom. The van der Waals surface area contributed by atoms with Crippen LogP contribution in [0.2, 0.25) is 0 Å². The third kappa shape index (κ3) is 7.24. The summed E-state index contributed by atoms with van der Waals surface area (Å²) in [6, 6.07) is 0.625. The Kier molecular flexibility index (Phi) is 10.0. The van der Waals surface area contributed by atoms with Crippen LogP contribution in [0.4, 0.5) is 0 Å². The van der Waals surface area contributed by atoms with Crippen molar-refractivity contribution in [2.75, 3.05) is 13.7 Å². The van der Waals surface area contributed by atoms with E-state index in [0.29, 0.717) is 12.1 Å². The highest BCUT2D eigenvalue weighted by Crippen LogP contribution is 2.18. The van der Waals surface area contributed by atoms with Gasteiger partial charge in [0.1, 0.15) is 0 Å². The van der Waals surface area contributed by atoms with Gasteiger partial charge >= 0.3 is 0 Å². The van der Waals surface area contributed by atoms with E-state index >= 15 is 0 Å². The summed E-state index contributed by atoms with van der Waals surface area (Å²) in [5.41, 5.74) is 0. The first-order chi connectivity index (χ1) is 7.67. The maximum absolute atomic E-state index is 5.37. The molecule has 16 heavy (non-hydrogen) atoms. The van der Waals surface area contributed by atoms with Gasteiger partial charge in [-0.05, 0) is 38.6 Å². The summed E-state index contributed by atoms with van der Waals surface area (Å²) in [6.07, 6.45) is 6.59. The SMILES string of the molecule is CCCNC(CC(CC)CC)CC(C)OC. The Balaban J connectivity index is 4.07. The zero-order chi connectivity index (χ0) is 12.4. The lowest BCUT2D eigenvalue weighted by molar-refractivity contribution is 0.0966. The monoisotopic (exact) mass is 229 g/mol. The highest BCUT2D eigenvalue weighted by Gasteiger charge is 2.16. The minimum absolute atomic E-state index is 0.365. The zero-order valence-electron chi connectivity index (χ0n) is 11.9. The lowest BCUT2D eigenvalue weighted by Gasteiger charge is -2.25. The molecule has 2 heteroatoms. The van der Waals surface area contributed by atoms with Crippen LogP contribution in [0, 0.1) is 5.92 Å². The molecule has 0 radical (unpaired) electrons. The van der Waals surface area contributed by atoms with E-state index in [4.69, 9.17) is 4.74 Å². The lowest BCUT2D eigenvalue weighted by Crippen LogP contribution is -2.34. The fourth-order valence-corrected chi connectivity index (χ4v) is 2.13. The Morgan fingerprint density at radius 2 is 1.69 bits per heavy atom. The summed E-state index contributed by atoms with van der Waals surface area (Å²) < 4.78 is 5.37. The Labute approximate surface area is 102 Å². The van der Waals surface area contributed by atoms with E-state index < -0.39 is 0 Å². The molecule has 0 spiro atoms. The molecule has 0 aliphatic carbocycles. The summed E-state index contributed by atoms with van der Waals surface area (Å²) in [7, 11) is 1.80. The third-order valence-electron chi connectivity index (χ3n) is 3.47. The zero-order valence-corrected chi connectivity index (χ0v) is 11.9. The molecule has 2 atom stereocenters. The quantitative estimate of drug-likeness (QED) is 0.618. The molecule has 0 saturated carbocycles. The van der Waals surface area contributed by atoms with Gasteiger partial charge in [-0.15, -0.1) is 0 Å². The molecule has 0 aliphatic rings. The third-order valence-corrected chi connectivity index (χ3v) is 3.47. The van der Waals surface area contributed by atoms with Crippen molar-refractivity contribution in [1.29, 1.82) is 0 Å². The second-order valence-electron chi connectivity index (χ2n) is 4.85. The van der Waals surface area contributed by atoms with Gasteiger partial charge in [-0.1, -0.05) is 33.6 Å². The van der Waals surface area contributed by atoms with Crippen molar-refractivity contribution in [2.45, 2.75) is 71.9 Å². The second-order valence-corrected chi connectivity index (χ2v) is 4.85. The minimum atomic E-state index is 0.365. The van der Waals surface area contributed by atoms with Crippen LogP contribution >= 0.6 is 0 Å². The molecular formula is C14H31NO. The molecule has 0 heterocycles. The number of hydrogen-bond acceptors (Lipinski definition) is 2. The van der Waals surface area contributed by atoms with Crippen molar-refractivity contribution in [3.63, 3.8) is 0 Å². The van der Waals surface area contributed by atoms with Gasteiger partial charge in [-0.25, -0.2) is 0 Å². The summed E-state index contributed by atoms with van der Waals surface area (Å²) in [4.78, 5) is 0. The first kappa shape index (κ1) is 15.9. The molecule has 98 valence electrons. The van der Waals surface area contributed by atoms with E-state index in [2.05, 4.69) is 33.0 Å². The fourth-order valence-electron chi connectivity index (χ4n) is 2.13. The van der Waals surface area contributed by atoms with Crippen LogP contribution in [0.3, 0.4) is 0 Å². The Morgan fingerprint density at radius 3 is 2.12 bits per heavy atom. The van der Waals surface area contributed by atoms with Crippen LogP contribution in [-0.4, -0.2) is 25.8 Å². The van der Waals surface area contributed by atoms with Crippen LogP contribution in [0.1, 0.15) is 59.8 Å². The van der Waals surface area contributed by atoms with Crippen molar-refractivity contribution in [3.8, 4) is 0 Å². The number of nitrogens with one attached hydrogen (secondary N) is 1. The van der Waals surface area contributed by atoms with E-state index in [1.807, 2.05) is 0 Å². The van der Waals surface area contributed by atoms with Crippen LogP contribution in [0.5, 0.6) is 0 Å². The Hall–Kier alpha value is -0.0800. The minimum Gasteiger partial charge on any atom is -0.382 e. The van der Waals surface area contributed by atoms with Gasteiger partial charge in [0.15, 0.2) is 0 Å². The smallest absolute Gasteiger partial charge is 0.0558 e. The van der Waals surface area contributed by atoms with E-state index in [1.54, 1.807) is 7.11 Å². The van der Waals surface area contributed by atoms with Crippen molar-refractivity contribution in [3.05, 3.63) is 0 Å². The molecule has 0 aromatic heterocycles. The highest BCUT2D eigenvalue weighted by atomic mass is 16.5. The van der Waals surface area contributed by atoms with Crippen LogP contribution in [0.15, 0.2) is 0 Å². The van der Waals surface area contributed by atoms with Gasteiger partial charge in [0.05, 0.1) is 6.10 Å². The lowest BCUT2D eigenvalue weighted by atomic mass is 9.92. The van der Waals surface area contributed by atoms with Crippen molar-refractivity contribution < 1.29 is 4.74 Å². The number of hydrogen-bond donors (Lipinski definition) is 1. The molecule has 2 unspecified atom stereocenters. The fraction of sp³-hybridized carbons (Fsp3) is 1.00. The number of methoxy groups -OCH3 is 1. The normalized spacial score (nSPS) is 15.4. The first-order valence-corrected chi connectivity index (χ1v) is 6.93. The summed E-state index contributed by atoms with van der Waals surface area (Å²) in [6.45, 7) is 10.1. The predicted octanol–water partition coefficient (Wildman–Crippen LogP) is 3.61. The summed E-state index contributed by atoms with van der Waals surface area (Å²) in [5.74, 6) is 0.860. The average Bonchev–Trinajstić information content (AvgIpc) is 2.32. The summed E-state index contributed by atoms with van der Waals surface area (Å²) >= 11 is 0. The van der Waals surface area contributed by atoms with Gasteiger partial charge in [-0.2, -0.15) is 0 Å². The van der Waals surface area contributed by atoms with Gasteiger partial charge in [0.2, 0.25) is 0 Å². The number of ether oxygens (including phenoxy) is 1. The van der Waals surface area contributed by atoms with E-state index in [9.17, 15) is 0 Å². The second kappa shape index (κ2) is 10.1. The molecule has 1 N–H and O–H groups in total. The van der Waals surface area contributed by atoms with E-state index in [0.717, 1.165) is 18.9 Å². The van der Waals surface area contributed by atoms with Crippen LogP contribution in [-0.2, 0) is 4.74 Å². The molecule has 0 amide bonds. The molecule has 0 aromatic rings. The molecule has 0 rings (SSSR count). The average molecular weight is 229 g/mol. The van der Waals surface area contributed by atoms with Gasteiger partial charge in [-0.3, -0.25) is 0 Å². The van der Waals surface area contributed by atoms with Gasteiger partial charge in [0, 0.05) is 13.2 Å². The van der Waals surface area contributed by atoms with Crippen molar-refractivity contribution in [2.24, 2.45) is 5.92 Å². The van der Waals surface area contributed by atoms with Crippen molar-refractivity contribution >= 4 is 0 Å². The molecule has 0 aliphatic heterocycles. The molecule has 0 fully saturated rings. The van der Waals surface area contributed by atoms with E-state index in [-0.39, 0.29) is 0 Å². The van der Waals surface area contributed by atoms with Gasteiger partial charge < -0.3 is 10.1 Å². The predicted molar refractivity (Wildman–Crippen MR) is 71.9 cm³/mol. The topological polar surface area (TPSA) is 21.3 Å².